The van der Waals surface area contributed by atoms with Crippen molar-refractivity contribution in [2.45, 2.75) is 186 Å². The van der Waals surface area contributed by atoms with Gasteiger partial charge in [-0.25, -0.2) is 0 Å². The second-order valence-electron chi connectivity index (χ2n) is 16.4. The minimum absolute atomic E-state index is 0.0240. The van der Waals surface area contributed by atoms with Gasteiger partial charge in [-0.2, -0.15) is 0 Å². The average Bonchev–Trinajstić information content (AvgIpc) is 3.12. The average molecular weight is 684 g/mol. The second kappa shape index (κ2) is 14.6. The molecular formula is C36H68O3SeSi2. The van der Waals surface area contributed by atoms with E-state index in [4.69, 9.17) is 13.6 Å². The van der Waals surface area contributed by atoms with Gasteiger partial charge in [0.05, 0.1) is 0 Å². The predicted octanol–water partition coefficient (Wildman–Crippen LogP) is 10.5. The molecule has 1 aromatic rings. The molecular weight excluding hydrogens is 616 g/mol. The Morgan fingerprint density at radius 3 is 1.60 bits per heavy atom. The van der Waals surface area contributed by atoms with Crippen LogP contribution in [0.1, 0.15) is 145 Å². The molecule has 0 N–H and O–H groups in total. The van der Waals surface area contributed by atoms with Crippen molar-refractivity contribution in [2.24, 2.45) is 0 Å². The molecule has 1 saturated heterocycles. The number of benzene rings is 1. The van der Waals surface area contributed by atoms with Crippen LogP contribution in [0.15, 0.2) is 12.1 Å². The van der Waals surface area contributed by atoms with Gasteiger partial charge >= 0.3 is 271 Å². The van der Waals surface area contributed by atoms with Gasteiger partial charge in [-0.05, 0) is 0 Å². The first-order valence-corrected chi connectivity index (χ1v) is 23.8. The van der Waals surface area contributed by atoms with E-state index in [0.717, 1.165) is 0 Å². The van der Waals surface area contributed by atoms with Crippen LogP contribution in [0.2, 0.25) is 39.6 Å². The van der Waals surface area contributed by atoms with Gasteiger partial charge in [0.1, 0.15) is 0 Å². The van der Waals surface area contributed by atoms with Crippen LogP contribution in [-0.2, 0) is 13.6 Å². The molecule has 1 heterocycles. The van der Waals surface area contributed by atoms with E-state index in [2.05, 4.69) is 136 Å². The van der Waals surface area contributed by atoms with Gasteiger partial charge in [-0.1, -0.05) is 0 Å². The molecule has 0 amide bonds. The molecule has 0 spiro atoms. The third kappa shape index (κ3) is 8.25. The van der Waals surface area contributed by atoms with Gasteiger partial charge in [0, 0.05) is 0 Å². The van der Waals surface area contributed by atoms with Gasteiger partial charge in [0.25, 0.3) is 0 Å². The molecule has 0 radical (unpaired) electrons. The molecule has 2 rings (SSSR count). The first kappa shape index (κ1) is 38.2. The van der Waals surface area contributed by atoms with Crippen LogP contribution in [0.5, 0.6) is 0 Å². The van der Waals surface area contributed by atoms with Gasteiger partial charge in [-0.3, -0.25) is 0 Å². The van der Waals surface area contributed by atoms with E-state index in [1.165, 1.54) is 16.7 Å². The van der Waals surface area contributed by atoms with E-state index in [-0.39, 0.29) is 38.3 Å². The minimum atomic E-state index is -2.14. The summed E-state index contributed by atoms with van der Waals surface area (Å²) in [5.74, 6) is 1.50. The van der Waals surface area contributed by atoms with Crippen molar-refractivity contribution in [2.75, 3.05) is 6.61 Å². The van der Waals surface area contributed by atoms with Crippen LogP contribution in [-0.4, -0.2) is 56.5 Å². The molecule has 1 aliphatic rings. The molecule has 0 bridgehead atoms. The zero-order valence-corrected chi connectivity index (χ0v) is 34.5. The Morgan fingerprint density at radius 1 is 0.786 bits per heavy atom. The topological polar surface area (TPSA) is 27.7 Å². The number of rotatable bonds is 13. The van der Waals surface area contributed by atoms with Crippen molar-refractivity contribution >= 4 is 36.1 Å². The summed E-state index contributed by atoms with van der Waals surface area (Å²) in [5.41, 5.74) is 6.15. The molecule has 3 nitrogen and oxygen atoms in total. The summed E-state index contributed by atoms with van der Waals surface area (Å²) in [5, 5.41) is 0.166. The van der Waals surface area contributed by atoms with E-state index in [9.17, 15) is 0 Å². The van der Waals surface area contributed by atoms with E-state index in [0.29, 0.717) is 45.8 Å². The van der Waals surface area contributed by atoms with Crippen molar-refractivity contribution in [3.63, 3.8) is 0 Å². The monoisotopic (exact) mass is 684 g/mol. The van der Waals surface area contributed by atoms with E-state index < -0.39 is 16.6 Å². The molecule has 1 aromatic carbocycles. The van der Waals surface area contributed by atoms with E-state index in [1.807, 2.05) is 0 Å². The van der Waals surface area contributed by atoms with Crippen LogP contribution in [0.4, 0.5) is 0 Å². The quantitative estimate of drug-likeness (QED) is 0.194. The van der Waals surface area contributed by atoms with Gasteiger partial charge in [-0.15, -0.1) is 0 Å². The Bertz CT molecular complexity index is 959. The van der Waals surface area contributed by atoms with Crippen molar-refractivity contribution in [1.29, 1.82) is 0 Å². The van der Waals surface area contributed by atoms with Crippen molar-refractivity contribution in [3.8, 4) is 0 Å². The Hall–Kier alpha value is 0.0532. The standard InChI is InChI=1S/C36H68O3SeSi2/c1-22(2)29-19-30(23(3)4)35(31(20-29)24(5)6)40-34-28(13)38-32(21-37-41(17,18)36(14,15)16)33(34)39-42(25(7)8,26(9)10)27(11)12/h19-20,22-28,32-34H,21H2,1-18H3/t28-,32+,33-,34-/m1/s1. The summed E-state index contributed by atoms with van der Waals surface area (Å²) in [4.78, 5) is 0.355. The zero-order chi connectivity index (χ0) is 32.5. The molecule has 0 unspecified atom stereocenters. The maximum atomic E-state index is 7.73. The van der Waals surface area contributed by atoms with Gasteiger partial charge in [0.2, 0.25) is 0 Å². The molecule has 1 aliphatic heterocycles. The molecule has 0 saturated carbocycles. The predicted molar refractivity (Wildman–Crippen MR) is 191 cm³/mol. The zero-order valence-electron chi connectivity index (χ0n) is 30.8. The summed E-state index contributed by atoms with van der Waals surface area (Å²) in [6, 6.07) is 5.03. The Morgan fingerprint density at radius 2 is 1.24 bits per heavy atom. The molecule has 4 atom stereocenters. The van der Waals surface area contributed by atoms with E-state index in [1.54, 1.807) is 4.46 Å². The SMILES string of the molecule is CC(C)c1cc(C(C)C)c([Se][C@H]2[C@H](O[Si](C(C)C)(C(C)C)C(C)C)[C@H](CO[Si](C)(C)C(C)(C)C)O[C@@H]2C)c(C(C)C)c1. The number of hydrogen-bond acceptors (Lipinski definition) is 3. The Labute approximate surface area is 270 Å². The van der Waals surface area contributed by atoms with Crippen molar-refractivity contribution in [3.05, 3.63) is 28.8 Å². The fraction of sp³-hybridized carbons (Fsp3) is 0.833. The molecule has 244 valence electrons. The third-order valence-electron chi connectivity index (χ3n) is 10.3. The van der Waals surface area contributed by atoms with E-state index >= 15 is 0 Å². The van der Waals surface area contributed by atoms with Crippen molar-refractivity contribution in [1.82, 2.24) is 0 Å². The van der Waals surface area contributed by atoms with Crippen molar-refractivity contribution < 1.29 is 13.6 Å². The Balaban J connectivity index is 2.69. The molecule has 0 aromatic heterocycles. The van der Waals surface area contributed by atoms with Crippen LogP contribution < -0.4 is 4.46 Å². The fourth-order valence-electron chi connectivity index (χ4n) is 6.66. The molecule has 0 aliphatic carbocycles. The first-order chi connectivity index (χ1) is 19.1. The number of hydrogen-bond donors (Lipinski definition) is 0. The molecule has 42 heavy (non-hydrogen) atoms. The summed E-state index contributed by atoms with van der Waals surface area (Å²) in [6.07, 6.45) is 0.184. The van der Waals surface area contributed by atoms with Crippen LogP contribution >= 0.6 is 0 Å². The van der Waals surface area contributed by atoms with Crippen LogP contribution in [0.3, 0.4) is 0 Å². The van der Waals surface area contributed by atoms with Gasteiger partial charge in [0.15, 0.2) is 0 Å². The Kier molecular flexibility index (Phi) is 13.3. The van der Waals surface area contributed by atoms with Crippen LogP contribution in [0, 0.1) is 0 Å². The second-order valence-corrected chi connectivity index (χ2v) is 29.1. The fourth-order valence-corrected chi connectivity index (χ4v) is 17.2. The van der Waals surface area contributed by atoms with Crippen LogP contribution in [0.25, 0.3) is 0 Å². The number of ether oxygens (including phenoxy) is 1. The summed E-state index contributed by atoms with van der Waals surface area (Å²) in [6.45, 7) is 43.2. The van der Waals surface area contributed by atoms with Gasteiger partial charge < -0.3 is 0 Å². The normalized spacial score (nSPS) is 22.7. The molecule has 1 fully saturated rings. The maximum absolute atomic E-state index is 7.73. The summed E-state index contributed by atoms with van der Waals surface area (Å²) >= 11 is 0.218. The first-order valence-electron chi connectivity index (χ1n) is 16.9. The molecule has 6 heteroatoms. The summed E-state index contributed by atoms with van der Waals surface area (Å²) in [7, 11) is -4.07. The third-order valence-corrected chi connectivity index (χ3v) is 24.4. The summed E-state index contributed by atoms with van der Waals surface area (Å²) < 4.78 is 23.1.